The normalized spacial score (nSPS) is 10.1. The molecule has 0 radical (unpaired) electrons. The Morgan fingerprint density at radius 2 is 2.06 bits per heavy atom. The van der Waals surface area contributed by atoms with Gasteiger partial charge < -0.3 is 10.6 Å². The van der Waals surface area contributed by atoms with E-state index in [9.17, 15) is 4.79 Å². The van der Waals surface area contributed by atoms with Crippen LogP contribution in [0.4, 0.5) is 16.2 Å². The van der Waals surface area contributed by atoms with Crippen LogP contribution < -0.4 is 10.6 Å². The van der Waals surface area contributed by atoms with Crippen LogP contribution in [-0.2, 0) is 0 Å². The number of carbonyl (C=O) groups is 1. The van der Waals surface area contributed by atoms with Gasteiger partial charge in [-0.05, 0) is 31.5 Å². The predicted octanol–water partition coefficient (Wildman–Crippen LogP) is 2.56. The highest BCUT2D eigenvalue weighted by atomic mass is 16.2. The SMILES string of the molecule is CCCN(C(=O)N(C)CC)c1cccc(N)c1. The number of rotatable bonds is 4. The predicted molar refractivity (Wildman–Crippen MR) is 72.2 cm³/mol. The lowest BCUT2D eigenvalue weighted by Gasteiger charge is -2.27. The molecule has 4 nitrogen and oxygen atoms in total. The van der Waals surface area contributed by atoms with Crippen molar-refractivity contribution in [2.24, 2.45) is 0 Å². The molecule has 0 bridgehead atoms. The van der Waals surface area contributed by atoms with Gasteiger partial charge in [0.2, 0.25) is 0 Å². The van der Waals surface area contributed by atoms with Gasteiger partial charge in [-0.25, -0.2) is 4.79 Å². The van der Waals surface area contributed by atoms with Gasteiger partial charge in [-0.3, -0.25) is 4.90 Å². The minimum atomic E-state index is 0.0138. The number of hydrogen-bond acceptors (Lipinski definition) is 2. The first kappa shape index (κ1) is 13.4. The summed E-state index contributed by atoms with van der Waals surface area (Å²) in [4.78, 5) is 15.6. The number of carbonyl (C=O) groups excluding carboxylic acids is 1. The van der Waals surface area contributed by atoms with Crippen LogP contribution >= 0.6 is 0 Å². The van der Waals surface area contributed by atoms with Gasteiger partial charge in [0.1, 0.15) is 0 Å². The Hall–Kier alpha value is -1.71. The van der Waals surface area contributed by atoms with E-state index >= 15 is 0 Å². The first-order chi connectivity index (χ1) is 8.10. The van der Waals surface area contributed by atoms with Gasteiger partial charge in [0.25, 0.3) is 0 Å². The minimum absolute atomic E-state index is 0.0138. The minimum Gasteiger partial charge on any atom is -0.399 e. The topological polar surface area (TPSA) is 49.6 Å². The lowest BCUT2D eigenvalue weighted by atomic mass is 10.2. The van der Waals surface area contributed by atoms with Gasteiger partial charge in [0.05, 0.1) is 0 Å². The molecule has 0 aromatic heterocycles. The van der Waals surface area contributed by atoms with E-state index in [1.165, 1.54) is 0 Å². The molecular formula is C13H21N3O. The molecule has 0 heterocycles. The molecule has 0 saturated carbocycles. The number of hydrogen-bond donors (Lipinski definition) is 1. The van der Waals surface area contributed by atoms with Crippen LogP contribution in [0.5, 0.6) is 0 Å². The van der Waals surface area contributed by atoms with Crippen LogP contribution in [0.25, 0.3) is 0 Å². The average molecular weight is 235 g/mol. The van der Waals surface area contributed by atoms with Crippen molar-refractivity contribution in [1.82, 2.24) is 4.90 Å². The zero-order valence-electron chi connectivity index (χ0n) is 10.8. The maximum absolute atomic E-state index is 12.2. The monoisotopic (exact) mass is 235 g/mol. The zero-order chi connectivity index (χ0) is 12.8. The van der Waals surface area contributed by atoms with Crippen molar-refractivity contribution in [3.8, 4) is 0 Å². The van der Waals surface area contributed by atoms with E-state index in [1.807, 2.05) is 31.2 Å². The molecule has 1 rings (SSSR count). The van der Waals surface area contributed by atoms with Crippen LogP contribution in [0.2, 0.25) is 0 Å². The molecule has 0 fully saturated rings. The quantitative estimate of drug-likeness (QED) is 0.815. The first-order valence-electron chi connectivity index (χ1n) is 5.98. The largest absolute Gasteiger partial charge is 0.399 e. The van der Waals surface area contributed by atoms with E-state index < -0.39 is 0 Å². The Balaban J connectivity index is 2.96. The highest BCUT2D eigenvalue weighted by molar-refractivity contribution is 5.92. The van der Waals surface area contributed by atoms with Crippen molar-refractivity contribution in [1.29, 1.82) is 0 Å². The maximum Gasteiger partial charge on any atom is 0.324 e. The van der Waals surface area contributed by atoms with Crippen LogP contribution in [0.3, 0.4) is 0 Å². The summed E-state index contributed by atoms with van der Waals surface area (Å²) in [6.07, 6.45) is 0.915. The van der Waals surface area contributed by atoms with Crippen molar-refractivity contribution in [3.05, 3.63) is 24.3 Å². The highest BCUT2D eigenvalue weighted by Gasteiger charge is 2.17. The van der Waals surface area contributed by atoms with Gasteiger partial charge in [-0.15, -0.1) is 0 Å². The van der Waals surface area contributed by atoms with E-state index in [1.54, 1.807) is 16.8 Å². The van der Waals surface area contributed by atoms with Crippen molar-refractivity contribution in [2.75, 3.05) is 30.8 Å². The summed E-state index contributed by atoms with van der Waals surface area (Å²) in [5, 5.41) is 0. The molecule has 94 valence electrons. The van der Waals surface area contributed by atoms with Crippen LogP contribution in [0.15, 0.2) is 24.3 Å². The lowest BCUT2D eigenvalue weighted by Crippen LogP contribution is -2.41. The van der Waals surface area contributed by atoms with Crippen LogP contribution in [-0.4, -0.2) is 31.1 Å². The van der Waals surface area contributed by atoms with Gasteiger partial charge >= 0.3 is 6.03 Å². The molecule has 0 spiro atoms. The molecule has 1 aromatic rings. The van der Waals surface area contributed by atoms with E-state index in [0.717, 1.165) is 12.1 Å². The second-order valence-corrected chi connectivity index (χ2v) is 4.04. The fraction of sp³-hybridized carbons (Fsp3) is 0.462. The van der Waals surface area contributed by atoms with Crippen molar-refractivity contribution in [3.63, 3.8) is 0 Å². The van der Waals surface area contributed by atoms with Gasteiger partial charge in [-0.2, -0.15) is 0 Å². The molecule has 0 aliphatic heterocycles. The van der Waals surface area contributed by atoms with Gasteiger partial charge in [0, 0.05) is 31.5 Å². The number of nitrogen functional groups attached to an aromatic ring is 1. The second-order valence-electron chi connectivity index (χ2n) is 4.04. The Kier molecular flexibility index (Phi) is 4.82. The van der Waals surface area contributed by atoms with E-state index in [0.29, 0.717) is 18.8 Å². The molecule has 2 amide bonds. The highest BCUT2D eigenvalue weighted by Crippen LogP contribution is 2.19. The average Bonchev–Trinajstić information content (AvgIpc) is 2.34. The standard InChI is InChI=1S/C13H21N3O/c1-4-9-16(13(17)15(3)5-2)12-8-6-7-11(14)10-12/h6-8,10H,4-5,9,14H2,1-3H3. The third-order valence-corrected chi connectivity index (χ3v) is 2.66. The third kappa shape index (κ3) is 3.37. The lowest BCUT2D eigenvalue weighted by molar-refractivity contribution is 0.217. The summed E-state index contributed by atoms with van der Waals surface area (Å²) in [5.41, 5.74) is 7.28. The van der Waals surface area contributed by atoms with E-state index in [4.69, 9.17) is 5.73 Å². The molecule has 0 atom stereocenters. The summed E-state index contributed by atoms with van der Waals surface area (Å²) in [7, 11) is 1.80. The fourth-order valence-corrected chi connectivity index (χ4v) is 1.59. The summed E-state index contributed by atoms with van der Waals surface area (Å²) in [6, 6.07) is 7.44. The second kappa shape index (κ2) is 6.13. The van der Waals surface area contributed by atoms with Crippen molar-refractivity contribution in [2.45, 2.75) is 20.3 Å². The third-order valence-electron chi connectivity index (χ3n) is 2.66. The summed E-state index contributed by atoms with van der Waals surface area (Å²) in [6.45, 7) is 5.41. The van der Waals surface area contributed by atoms with Crippen LogP contribution in [0.1, 0.15) is 20.3 Å². The Morgan fingerprint density at radius 3 is 2.59 bits per heavy atom. The molecule has 0 saturated heterocycles. The molecule has 2 N–H and O–H groups in total. The molecule has 0 aliphatic rings. The van der Waals surface area contributed by atoms with Crippen LogP contribution in [0, 0.1) is 0 Å². The molecule has 4 heteroatoms. The number of nitrogens with two attached hydrogens (primary N) is 1. The molecule has 0 aliphatic carbocycles. The molecule has 0 unspecified atom stereocenters. The molecule has 1 aromatic carbocycles. The van der Waals surface area contributed by atoms with E-state index in [2.05, 4.69) is 6.92 Å². The maximum atomic E-state index is 12.2. The Bertz CT molecular complexity index is 379. The number of amides is 2. The summed E-state index contributed by atoms with van der Waals surface area (Å²) < 4.78 is 0. The van der Waals surface area contributed by atoms with Crippen molar-refractivity contribution < 1.29 is 4.79 Å². The molecular weight excluding hydrogens is 214 g/mol. The smallest absolute Gasteiger partial charge is 0.324 e. The summed E-state index contributed by atoms with van der Waals surface area (Å²) in [5.74, 6) is 0. The Labute approximate surface area is 103 Å². The number of benzene rings is 1. The fourth-order valence-electron chi connectivity index (χ4n) is 1.59. The summed E-state index contributed by atoms with van der Waals surface area (Å²) >= 11 is 0. The van der Waals surface area contributed by atoms with Gasteiger partial charge in [-0.1, -0.05) is 13.0 Å². The molecule has 17 heavy (non-hydrogen) atoms. The Morgan fingerprint density at radius 1 is 1.35 bits per heavy atom. The number of urea groups is 1. The zero-order valence-corrected chi connectivity index (χ0v) is 10.8. The number of nitrogens with zero attached hydrogens (tertiary/aromatic N) is 2. The van der Waals surface area contributed by atoms with Crippen molar-refractivity contribution >= 4 is 17.4 Å². The van der Waals surface area contributed by atoms with Gasteiger partial charge in [0.15, 0.2) is 0 Å². The first-order valence-corrected chi connectivity index (χ1v) is 5.98. The number of anilines is 2. The van der Waals surface area contributed by atoms with E-state index in [-0.39, 0.29) is 6.03 Å².